The molecule has 3 heteroatoms. The highest BCUT2D eigenvalue weighted by atomic mass is 16.5. The number of allylic oxidation sites excluding steroid dienone is 1. The summed E-state index contributed by atoms with van der Waals surface area (Å²) in [6, 6.07) is 0. The van der Waals surface area contributed by atoms with Gasteiger partial charge in [0.15, 0.2) is 0 Å². The van der Waals surface area contributed by atoms with E-state index in [0.717, 1.165) is 19.4 Å². The third-order valence-corrected chi connectivity index (χ3v) is 2.44. The van der Waals surface area contributed by atoms with Gasteiger partial charge in [0.25, 0.3) is 0 Å². The van der Waals surface area contributed by atoms with E-state index in [1.54, 1.807) is 17.1 Å². The summed E-state index contributed by atoms with van der Waals surface area (Å²) in [6.45, 7) is 3.41. The van der Waals surface area contributed by atoms with Gasteiger partial charge >= 0.3 is 0 Å². The van der Waals surface area contributed by atoms with E-state index in [9.17, 15) is 4.79 Å². The first-order chi connectivity index (χ1) is 6.74. The van der Waals surface area contributed by atoms with Gasteiger partial charge in [-0.2, -0.15) is 0 Å². The van der Waals surface area contributed by atoms with Gasteiger partial charge in [-0.1, -0.05) is 6.08 Å². The van der Waals surface area contributed by atoms with E-state index in [-0.39, 0.29) is 12.0 Å². The van der Waals surface area contributed by atoms with Crippen molar-refractivity contribution in [3.05, 3.63) is 12.2 Å². The van der Waals surface area contributed by atoms with Crippen LogP contribution in [0.3, 0.4) is 0 Å². The normalized spacial score (nSPS) is 22.6. The van der Waals surface area contributed by atoms with Crippen molar-refractivity contribution < 1.29 is 9.53 Å². The Kier molecular flexibility index (Phi) is 4.66. The molecule has 0 saturated carbocycles. The van der Waals surface area contributed by atoms with Crippen molar-refractivity contribution in [3.8, 4) is 0 Å². The Morgan fingerprint density at radius 1 is 1.57 bits per heavy atom. The first-order valence-electron chi connectivity index (χ1n) is 5.23. The largest absolute Gasteiger partial charge is 0.376 e. The van der Waals surface area contributed by atoms with Crippen LogP contribution >= 0.6 is 0 Å². The SMILES string of the molecule is CC=CC(=O)N(C)CC1CCCCO1. The minimum Gasteiger partial charge on any atom is -0.376 e. The van der Waals surface area contributed by atoms with Crippen molar-refractivity contribution in [2.24, 2.45) is 0 Å². The third kappa shape index (κ3) is 3.50. The summed E-state index contributed by atoms with van der Waals surface area (Å²) in [5.74, 6) is 0.0571. The number of carbonyl (C=O) groups excluding carboxylic acids is 1. The van der Waals surface area contributed by atoms with Gasteiger partial charge < -0.3 is 9.64 Å². The van der Waals surface area contributed by atoms with E-state index in [2.05, 4.69) is 0 Å². The zero-order valence-electron chi connectivity index (χ0n) is 9.03. The Hall–Kier alpha value is -0.830. The average molecular weight is 197 g/mol. The molecule has 0 aromatic carbocycles. The molecule has 1 amide bonds. The summed E-state index contributed by atoms with van der Waals surface area (Å²) >= 11 is 0. The second-order valence-corrected chi connectivity index (χ2v) is 3.71. The standard InChI is InChI=1S/C11H19NO2/c1-3-6-11(13)12(2)9-10-7-4-5-8-14-10/h3,6,10H,4-5,7-9H2,1-2H3. The first-order valence-corrected chi connectivity index (χ1v) is 5.23. The van der Waals surface area contributed by atoms with E-state index in [4.69, 9.17) is 4.74 Å². The molecule has 1 aliphatic rings. The van der Waals surface area contributed by atoms with Crippen molar-refractivity contribution in [3.63, 3.8) is 0 Å². The maximum Gasteiger partial charge on any atom is 0.246 e. The molecular weight excluding hydrogens is 178 g/mol. The van der Waals surface area contributed by atoms with Gasteiger partial charge in [-0.15, -0.1) is 0 Å². The monoisotopic (exact) mass is 197 g/mol. The van der Waals surface area contributed by atoms with Gasteiger partial charge in [0.2, 0.25) is 5.91 Å². The summed E-state index contributed by atoms with van der Waals surface area (Å²) in [5, 5.41) is 0. The molecule has 80 valence electrons. The Balaban J connectivity index is 2.31. The van der Waals surface area contributed by atoms with Crippen LogP contribution in [0.2, 0.25) is 0 Å². The van der Waals surface area contributed by atoms with E-state index >= 15 is 0 Å². The third-order valence-electron chi connectivity index (χ3n) is 2.44. The number of nitrogens with zero attached hydrogens (tertiary/aromatic N) is 1. The highest BCUT2D eigenvalue weighted by Crippen LogP contribution is 2.13. The fourth-order valence-corrected chi connectivity index (χ4v) is 1.62. The minimum absolute atomic E-state index is 0.0571. The second kappa shape index (κ2) is 5.81. The molecule has 0 radical (unpaired) electrons. The summed E-state index contributed by atoms with van der Waals surface area (Å²) < 4.78 is 5.56. The molecule has 0 aliphatic carbocycles. The van der Waals surface area contributed by atoms with Gasteiger partial charge in [-0.25, -0.2) is 0 Å². The number of ether oxygens (including phenoxy) is 1. The molecule has 0 spiro atoms. The van der Waals surface area contributed by atoms with Crippen LogP contribution in [-0.2, 0) is 9.53 Å². The van der Waals surface area contributed by atoms with E-state index < -0.39 is 0 Å². The molecule has 1 fully saturated rings. The molecule has 1 saturated heterocycles. The predicted octanol–water partition coefficient (Wildman–Crippen LogP) is 1.59. The molecule has 14 heavy (non-hydrogen) atoms. The lowest BCUT2D eigenvalue weighted by atomic mass is 10.1. The Bertz CT molecular complexity index is 207. The molecule has 0 N–H and O–H groups in total. The summed E-state index contributed by atoms with van der Waals surface area (Å²) in [4.78, 5) is 13.1. The first kappa shape index (κ1) is 11.2. The number of carbonyl (C=O) groups is 1. The number of likely N-dealkylation sites (N-methyl/N-ethyl adjacent to an activating group) is 1. The Labute approximate surface area is 85.7 Å². The maximum atomic E-state index is 11.4. The van der Waals surface area contributed by atoms with E-state index in [1.165, 1.54) is 6.42 Å². The Morgan fingerprint density at radius 3 is 2.93 bits per heavy atom. The van der Waals surface area contributed by atoms with Crippen LogP contribution < -0.4 is 0 Å². The van der Waals surface area contributed by atoms with Crippen molar-refractivity contribution in [1.29, 1.82) is 0 Å². The zero-order chi connectivity index (χ0) is 10.4. The van der Waals surface area contributed by atoms with Gasteiger partial charge in [0.1, 0.15) is 0 Å². The average Bonchev–Trinajstić information content (AvgIpc) is 2.19. The number of amides is 1. The minimum atomic E-state index is 0.0571. The van der Waals surface area contributed by atoms with Gasteiger partial charge in [0, 0.05) is 20.2 Å². The smallest absolute Gasteiger partial charge is 0.246 e. The highest BCUT2D eigenvalue weighted by molar-refractivity contribution is 5.87. The van der Waals surface area contributed by atoms with Crippen molar-refractivity contribution in [2.45, 2.75) is 32.3 Å². The van der Waals surface area contributed by atoms with Crippen LogP contribution in [0.25, 0.3) is 0 Å². The number of hydrogen-bond acceptors (Lipinski definition) is 2. The predicted molar refractivity (Wildman–Crippen MR) is 56.0 cm³/mol. The fourth-order valence-electron chi connectivity index (χ4n) is 1.62. The second-order valence-electron chi connectivity index (χ2n) is 3.71. The molecule has 1 rings (SSSR count). The molecule has 0 aromatic heterocycles. The molecular formula is C11H19NO2. The van der Waals surface area contributed by atoms with Crippen LogP contribution in [0, 0.1) is 0 Å². The maximum absolute atomic E-state index is 11.4. The lowest BCUT2D eigenvalue weighted by molar-refractivity contribution is -0.127. The number of hydrogen-bond donors (Lipinski definition) is 0. The van der Waals surface area contributed by atoms with E-state index in [1.807, 2.05) is 14.0 Å². The lowest BCUT2D eigenvalue weighted by Crippen LogP contribution is -2.36. The summed E-state index contributed by atoms with van der Waals surface area (Å²) in [5.41, 5.74) is 0. The molecule has 3 nitrogen and oxygen atoms in total. The number of rotatable bonds is 3. The van der Waals surface area contributed by atoms with Crippen LogP contribution in [0.1, 0.15) is 26.2 Å². The van der Waals surface area contributed by atoms with Gasteiger partial charge in [0.05, 0.1) is 6.10 Å². The van der Waals surface area contributed by atoms with Crippen molar-refractivity contribution in [2.75, 3.05) is 20.2 Å². The Morgan fingerprint density at radius 2 is 2.36 bits per heavy atom. The lowest BCUT2D eigenvalue weighted by Gasteiger charge is -2.26. The van der Waals surface area contributed by atoms with E-state index in [0.29, 0.717) is 6.54 Å². The van der Waals surface area contributed by atoms with Crippen LogP contribution in [0.15, 0.2) is 12.2 Å². The van der Waals surface area contributed by atoms with Gasteiger partial charge in [-0.05, 0) is 32.3 Å². The highest BCUT2D eigenvalue weighted by Gasteiger charge is 2.17. The summed E-state index contributed by atoms with van der Waals surface area (Å²) in [7, 11) is 1.82. The summed E-state index contributed by atoms with van der Waals surface area (Å²) in [6.07, 6.45) is 7.04. The van der Waals surface area contributed by atoms with Crippen LogP contribution in [0.5, 0.6) is 0 Å². The molecule has 0 aromatic rings. The zero-order valence-corrected chi connectivity index (χ0v) is 9.03. The quantitative estimate of drug-likeness (QED) is 0.643. The molecule has 0 bridgehead atoms. The molecule has 1 aliphatic heterocycles. The topological polar surface area (TPSA) is 29.5 Å². The fraction of sp³-hybridized carbons (Fsp3) is 0.727. The van der Waals surface area contributed by atoms with Crippen molar-refractivity contribution in [1.82, 2.24) is 4.90 Å². The van der Waals surface area contributed by atoms with Crippen LogP contribution in [0.4, 0.5) is 0 Å². The molecule has 1 heterocycles. The van der Waals surface area contributed by atoms with Gasteiger partial charge in [-0.3, -0.25) is 4.79 Å². The van der Waals surface area contributed by atoms with Crippen molar-refractivity contribution >= 4 is 5.91 Å². The molecule has 1 unspecified atom stereocenters. The van der Waals surface area contributed by atoms with Crippen LogP contribution in [-0.4, -0.2) is 37.1 Å². The molecule has 1 atom stereocenters.